The lowest BCUT2D eigenvalue weighted by Crippen LogP contribution is -2.29. The van der Waals surface area contributed by atoms with Gasteiger partial charge in [-0.15, -0.1) is 0 Å². The lowest BCUT2D eigenvalue weighted by atomic mass is 9.99. The molecule has 0 aliphatic carbocycles. The Labute approximate surface area is 190 Å². The van der Waals surface area contributed by atoms with Crippen LogP contribution in [-0.2, 0) is 15.8 Å². The summed E-state index contributed by atoms with van der Waals surface area (Å²) in [5, 5.41) is 11.1. The molecule has 1 aliphatic rings. The fraction of sp³-hybridized carbons (Fsp3) is 0.130. The van der Waals surface area contributed by atoms with E-state index in [-0.39, 0.29) is 27.6 Å². The number of carbonyl (C=O) groups excluding carboxylic acids is 2. The molecule has 3 aromatic rings. The maximum atomic E-state index is 13.3. The lowest BCUT2D eigenvalue weighted by Gasteiger charge is -2.24. The second kappa shape index (κ2) is 8.32. The second-order valence-corrected chi connectivity index (χ2v) is 7.49. The summed E-state index contributed by atoms with van der Waals surface area (Å²) in [4.78, 5) is 26.8. The van der Waals surface area contributed by atoms with Crippen LogP contribution < -0.4 is 9.64 Å². The molecule has 1 amide bonds. The minimum Gasteiger partial charge on any atom is -0.507 e. The maximum Gasteiger partial charge on any atom is 0.416 e. The van der Waals surface area contributed by atoms with Gasteiger partial charge in [0.05, 0.1) is 29.5 Å². The smallest absolute Gasteiger partial charge is 0.416 e. The minimum atomic E-state index is -4.67. The number of hydrogen-bond acceptors (Lipinski definition) is 5. The molecule has 1 aromatic heterocycles. The number of ether oxygens (including phenoxy) is 1. The summed E-state index contributed by atoms with van der Waals surface area (Å²) < 4.78 is 50.3. The molecule has 0 radical (unpaired) electrons. The molecule has 33 heavy (non-hydrogen) atoms. The summed E-state index contributed by atoms with van der Waals surface area (Å²) in [6.45, 7) is 0. The highest BCUT2D eigenvalue weighted by molar-refractivity contribution is 6.52. The summed E-state index contributed by atoms with van der Waals surface area (Å²) in [7, 11) is 1.39. The molecule has 0 saturated carbocycles. The zero-order chi connectivity index (χ0) is 23.9. The Morgan fingerprint density at radius 1 is 1.12 bits per heavy atom. The highest BCUT2D eigenvalue weighted by atomic mass is 35.5. The third-order valence-electron chi connectivity index (χ3n) is 5.14. The first-order valence-electron chi connectivity index (χ1n) is 9.49. The van der Waals surface area contributed by atoms with E-state index in [4.69, 9.17) is 20.8 Å². The van der Waals surface area contributed by atoms with Gasteiger partial charge < -0.3 is 14.3 Å². The van der Waals surface area contributed by atoms with Crippen molar-refractivity contribution in [3.63, 3.8) is 0 Å². The average Bonchev–Trinajstić information content (AvgIpc) is 3.40. The molecule has 0 spiro atoms. The molecule has 10 heteroatoms. The van der Waals surface area contributed by atoms with Crippen molar-refractivity contribution in [1.29, 1.82) is 0 Å². The van der Waals surface area contributed by atoms with Crippen molar-refractivity contribution >= 4 is 34.7 Å². The average molecular weight is 478 g/mol. The van der Waals surface area contributed by atoms with Gasteiger partial charge in [0.1, 0.15) is 23.3 Å². The number of carbonyl (C=O) groups is 2. The van der Waals surface area contributed by atoms with Crippen LogP contribution in [0.3, 0.4) is 0 Å². The Balaban J connectivity index is 1.94. The molecule has 1 unspecified atom stereocenters. The number of anilines is 1. The number of alkyl halides is 3. The summed E-state index contributed by atoms with van der Waals surface area (Å²) in [6, 6.07) is 9.91. The van der Waals surface area contributed by atoms with Gasteiger partial charge in [-0.25, -0.2) is 0 Å². The number of methoxy groups -OCH3 is 1. The lowest BCUT2D eigenvalue weighted by molar-refractivity contribution is -0.137. The predicted molar refractivity (Wildman–Crippen MR) is 113 cm³/mol. The number of amides is 1. The highest BCUT2D eigenvalue weighted by Crippen LogP contribution is 2.44. The monoisotopic (exact) mass is 477 g/mol. The number of aliphatic hydroxyl groups is 1. The standard InChI is InChI=1S/C23H15ClF3NO5/c1-32-14-7-8-16(24)15(11-14)20(29)18-19(17-6-3-9-33-17)28(22(31)21(18)30)13-5-2-4-12(10-13)23(25,26)27/h2-11,19,29H,1H3/b20-18-. The van der Waals surface area contributed by atoms with E-state index in [9.17, 15) is 27.9 Å². The number of Topliss-reactive ketones (excluding diaryl/α,β-unsaturated/α-hetero) is 1. The number of furan rings is 1. The first-order valence-corrected chi connectivity index (χ1v) is 9.87. The van der Waals surface area contributed by atoms with Crippen LogP contribution in [0.2, 0.25) is 5.02 Å². The third kappa shape index (κ3) is 3.95. The minimum absolute atomic E-state index is 0.00890. The van der Waals surface area contributed by atoms with Crippen LogP contribution in [0, 0.1) is 0 Å². The Bertz CT molecular complexity index is 1270. The molecule has 1 N–H and O–H groups in total. The molecule has 2 aromatic carbocycles. The molecule has 1 atom stereocenters. The van der Waals surface area contributed by atoms with E-state index in [1.807, 2.05) is 0 Å². The molecular formula is C23H15ClF3NO5. The molecule has 1 fully saturated rings. The van der Waals surface area contributed by atoms with Crippen LogP contribution >= 0.6 is 11.6 Å². The van der Waals surface area contributed by atoms with Crippen molar-refractivity contribution in [3.05, 3.63) is 88.3 Å². The Morgan fingerprint density at radius 2 is 1.88 bits per heavy atom. The molecule has 6 nitrogen and oxygen atoms in total. The Morgan fingerprint density at radius 3 is 2.52 bits per heavy atom. The van der Waals surface area contributed by atoms with Crippen LogP contribution in [-0.4, -0.2) is 23.9 Å². The zero-order valence-electron chi connectivity index (χ0n) is 16.9. The predicted octanol–water partition coefficient (Wildman–Crippen LogP) is 5.59. The van der Waals surface area contributed by atoms with Crippen molar-refractivity contribution < 1.29 is 37.0 Å². The van der Waals surface area contributed by atoms with Crippen LogP contribution in [0.5, 0.6) is 5.75 Å². The normalized spacial score (nSPS) is 18.1. The van der Waals surface area contributed by atoms with Crippen LogP contribution in [0.4, 0.5) is 18.9 Å². The van der Waals surface area contributed by atoms with Crippen LogP contribution in [0.25, 0.3) is 5.76 Å². The van der Waals surface area contributed by atoms with Crippen molar-refractivity contribution in [3.8, 4) is 5.75 Å². The van der Waals surface area contributed by atoms with Gasteiger partial charge in [0, 0.05) is 11.3 Å². The van der Waals surface area contributed by atoms with Gasteiger partial charge in [0.25, 0.3) is 11.7 Å². The zero-order valence-corrected chi connectivity index (χ0v) is 17.6. The van der Waals surface area contributed by atoms with Crippen molar-refractivity contribution in [2.24, 2.45) is 0 Å². The largest absolute Gasteiger partial charge is 0.507 e. The number of nitrogens with zero attached hydrogens (tertiary/aromatic N) is 1. The molecule has 170 valence electrons. The van der Waals surface area contributed by atoms with Gasteiger partial charge in [-0.05, 0) is 48.5 Å². The number of benzene rings is 2. The summed E-state index contributed by atoms with van der Waals surface area (Å²) in [6.07, 6.45) is -3.39. The number of halogens is 4. The van der Waals surface area contributed by atoms with Crippen molar-refractivity contribution in [2.45, 2.75) is 12.2 Å². The Hall–Kier alpha value is -3.72. The van der Waals surface area contributed by atoms with E-state index in [0.717, 1.165) is 23.1 Å². The van der Waals surface area contributed by atoms with Crippen molar-refractivity contribution in [1.82, 2.24) is 0 Å². The van der Waals surface area contributed by atoms with Gasteiger partial charge in [-0.1, -0.05) is 17.7 Å². The van der Waals surface area contributed by atoms with E-state index in [0.29, 0.717) is 5.75 Å². The van der Waals surface area contributed by atoms with Gasteiger partial charge in [-0.2, -0.15) is 13.2 Å². The molecule has 4 rings (SSSR count). The maximum absolute atomic E-state index is 13.3. The van der Waals surface area contributed by atoms with Crippen LogP contribution in [0.15, 0.2) is 70.9 Å². The SMILES string of the molecule is COc1ccc(Cl)c(/C(O)=C2/C(=O)C(=O)N(c3cccc(C(F)(F)F)c3)C2c2ccco2)c1. The van der Waals surface area contributed by atoms with E-state index < -0.39 is 35.2 Å². The second-order valence-electron chi connectivity index (χ2n) is 7.08. The molecule has 1 saturated heterocycles. The van der Waals surface area contributed by atoms with E-state index in [1.165, 1.54) is 49.8 Å². The number of hydrogen-bond donors (Lipinski definition) is 1. The molecular weight excluding hydrogens is 463 g/mol. The number of aliphatic hydroxyl groups excluding tert-OH is 1. The fourth-order valence-corrected chi connectivity index (χ4v) is 3.81. The summed E-state index contributed by atoms with van der Waals surface area (Å²) in [5.74, 6) is -2.47. The van der Waals surface area contributed by atoms with E-state index in [1.54, 1.807) is 0 Å². The van der Waals surface area contributed by atoms with E-state index in [2.05, 4.69) is 0 Å². The van der Waals surface area contributed by atoms with Crippen molar-refractivity contribution in [2.75, 3.05) is 12.0 Å². The van der Waals surface area contributed by atoms with Gasteiger partial charge >= 0.3 is 6.18 Å². The van der Waals surface area contributed by atoms with E-state index >= 15 is 0 Å². The fourth-order valence-electron chi connectivity index (χ4n) is 3.60. The topological polar surface area (TPSA) is 80.0 Å². The molecule has 2 heterocycles. The van der Waals surface area contributed by atoms with Gasteiger partial charge in [0.15, 0.2) is 0 Å². The van der Waals surface area contributed by atoms with Gasteiger partial charge in [0.2, 0.25) is 0 Å². The highest BCUT2D eigenvalue weighted by Gasteiger charge is 2.49. The molecule has 0 bridgehead atoms. The summed E-state index contributed by atoms with van der Waals surface area (Å²) >= 11 is 6.20. The van der Waals surface area contributed by atoms with Gasteiger partial charge in [-0.3, -0.25) is 14.5 Å². The molecule has 1 aliphatic heterocycles. The number of rotatable bonds is 4. The summed E-state index contributed by atoms with van der Waals surface area (Å²) in [5.41, 5.74) is -1.57. The Kier molecular flexibility index (Phi) is 5.67. The first kappa shape index (κ1) is 22.5. The van der Waals surface area contributed by atoms with Crippen LogP contribution in [0.1, 0.15) is 22.9 Å². The number of ketones is 1. The first-order chi connectivity index (χ1) is 15.6. The quantitative estimate of drug-likeness (QED) is 0.301. The third-order valence-corrected chi connectivity index (χ3v) is 5.47.